The van der Waals surface area contributed by atoms with Gasteiger partial charge < -0.3 is 10.6 Å². The molecule has 0 unspecified atom stereocenters. The number of anilines is 3. The highest BCUT2D eigenvalue weighted by Gasteiger charge is 2.12. The number of nitrogens with one attached hydrogen (secondary N) is 3. The molecular formula is C21H20N8OS2. The van der Waals surface area contributed by atoms with Crippen molar-refractivity contribution in [2.45, 2.75) is 23.9 Å². The minimum atomic E-state index is -0.236. The highest BCUT2D eigenvalue weighted by molar-refractivity contribution is 7.99. The van der Waals surface area contributed by atoms with Crippen molar-refractivity contribution >= 4 is 45.9 Å². The summed E-state index contributed by atoms with van der Waals surface area (Å²) in [4.78, 5) is 35.8. The molecule has 162 valence electrons. The molecule has 0 aliphatic carbocycles. The van der Waals surface area contributed by atoms with Crippen molar-refractivity contribution in [3.8, 4) is 11.4 Å². The third kappa shape index (κ3) is 5.77. The summed E-state index contributed by atoms with van der Waals surface area (Å²) in [6.45, 7) is 4.42. The largest absolute Gasteiger partial charge is 0.338 e. The van der Waals surface area contributed by atoms with Crippen LogP contribution in [0.4, 0.5) is 21.6 Å². The standard InChI is InChI=1S/C21H20N8OS2/c1-3-23-19(30)25-15-4-6-16(7-5-15)32-21-27-17(14-8-10-22-11-9-14)26-18(29-21)28-20-24-12-13(2)31-20/h4-12H,3H2,1-2H3,(H2,23,25,30)(H,24,26,27,28,29). The third-order valence-corrected chi connectivity index (χ3v) is 5.75. The maximum atomic E-state index is 11.7. The maximum Gasteiger partial charge on any atom is 0.319 e. The Balaban J connectivity index is 1.58. The molecule has 0 bridgehead atoms. The molecule has 9 nitrogen and oxygen atoms in total. The average molecular weight is 465 g/mol. The number of pyridine rings is 1. The van der Waals surface area contributed by atoms with Crippen molar-refractivity contribution in [3.63, 3.8) is 0 Å². The van der Waals surface area contributed by atoms with E-state index in [1.165, 1.54) is 23.1 Å². The van der Waals surface area contributed by atoms with Gasteiger partial charge in [-0.1, -0.05) is 0 Å². The van der Waals surface area contributed by atoms with Gasteiger partial charge in [0.1, 0.15) is 0 Å². The molecule has 0 fully saturated rings. The number of hydrogen-bond donors (Lipinski definition) is 3. The first-order valence-electron chi connectivity index (χ1n) is 9.78. The van der Waals surface area contributed by atoms with Crippen LogP contribution < -0.4 is 16.0 Å². The minimum Gasteiger partial charge on any atom is -0.338 e. The number of benzene rings is 1. The number of nitrogens with zero attached hydrogens (tertiary/aromatic N) is 5. The molecule has 3 heterocycles. The molecule has 4 aromatic rings. The number of thiazole rings is 1. The number of carbonyl (C=O) groups excluding carboxylic acids is 1. The lowest BCUT2D eigenvalue weighted by Crippen LogP contribution is -2.28. The molecule has 11 heteroatoms. The molecule has 0 aliphatic rings. The van der Waals surface area contributed by atoms with E-state index < -0.39 is 0 Å². The first kappa shape index (κ1) is 21.7. The molecule has 3 aromatic heterocycles. The predicted octanol–water partition coefficient (Wildman–Crippen LogP) is 4.73. The van der Waals surface area contributed by atoms with Crippen molar-refractivity contribution in [1.29, 1.82) is 0 Å². The number of amides is 2. The Morgan fingerprint density at radius 1 is 1.06 bits per heavy atom. The molecular weight excluding hydrogens is 444 g/mol. The average Bonchev–Trinajstić information content (AvgIpc) is 3.20. The second-order valence-electron chi connectivity index (χ2n) is 6.51. The van der Waals surface area contributed by atoms with Crippen LogP contribution in [-0.4, -0.2) is 37.5 Å². The van der Waals surface area contributed by atoms with Crippen molar-refractivity contribution in [3.05, 3.63) is 59.9 Å². The van der Waals surface area contributed by atoms with Gasteiger partial charge in [-0.2, -0.15) is 9.97 Å². The van der Waals surface area contributed by atoms with E-state index in [0.29, 0.717) is 34.3 Å². The molecule has 0 aliphatic heterocycles. The SMILES string of the molecule is CCNC(=O)Nc1ccc(Sc2nc(Nc3ncc(C)s3)nc(-c3ccncc3)n2)cc1. The molecule has 2 amide bonds. The van der Waals surface area contributed by atoms with E-state index in [4.69, 9.17) is 0 Å². The Hall–Kier alpha value is -3.57. The molecule has 1 aromatic carbocycles. The number of carbonyl (C=O) groups is 1. The highest BCUT2D eigenvalue weighted by Crippen LogP contribution is 2.29. The Bertz CT molecular complexity index is 1200. The van der Waals surface area contributed by atoms with Gasteiger partial charge in [-0.15, -0.1) is 11.3 Å². The lowest BCUT2D eigenvalue weighted by molar-refractivity contribution is 0.252. The van der Waals surface area contributed by atoms with Crippen molar-refractivity contribution in [2.75, 3.05) is 17.2 Å². The molecule has 0 spiro atoms. The molecule has 0 saturated carbocycles. The Morgan fingerprint density at radius 2 is 1.84 bits per heavy atom. The van der Waals surface area contributed by atoms with Crippen LogP contribution >= 0.6 is 23.1 Å². The number of urea groups is 1. The topological polar surface area (TPSA) is 118 Å². The summed E-state index contributed by atoms with van der Waals surface area (Å²) in [6, 6.07) is 10.9. The zero-order chi connectivity index (χ0) is 22.3. The lowest BCUT2D eigenvalue weighted by Gasteiger charge is -2.09. The first-order valence-corrected chi connectivity index (χ1v) is 11.4. The zero-order valence-electron chi connectivity index (χ0n) is 17.4. The zero-order valence-corrected chi connectivity index (χ0v) is 19.0. The molecule has 0 atom stereocenters. The van der Waals surface area contributed by atoms with Gasteiger partial charge in [0.2, 0.25) is 5.95 Å². The van der Waals surface area contributed by atoms with E-state index in [9.17, 15) is 4.79 Å². The van der Waals surface area contributed by atoms with Gasteiger partial charge in [0.15, 0.2) is 16.1 Å². The summed E-state index contributed by atoms with van der Waals surface area (Å²) in [5.74, 6) is 0.952. The quantitative estimate of drug-likeness (QED) is 0.359. The van der Waals surface area contributed by atoms with Crippen LogP contribution in [0.5, 0.6) is 0 Å². The van der Waals surface area contributed by atoms with E-state index >= 15 is 0 Å². The summed E-state index contributed by atoms with van der Waals surface area (Å²) in [7, 11) is 0. The Labute approximate surface area is 193 Å². The first-order chi connectivity index (χ1) is 15.6. The fraction of sp³-hybridized carbons (Fsp3) is 0.143. The second kappa shape index (κ2) is 10.2. The van der Waals surface area contributed by atoms with Gasteiger partial charge in [0.25, 0.3) is 0 Å². The van der Waals surface area contributed by atoms with Gasteiger partial charge in [-0.25, -0.2) is 14.8 Å². The van der Waals surface area contributed by atoms with E-state index in [1.54, 1.807) is 18.6 Å². The molecule has 0 saturated heterocycles. The normalized spacial score (nSPS) is 10.6. The molecule has 4 rings (SSSR count). The third-order valence-electron chi connectivity index (χ3n) is 4.05. The highest BCUT2D eigenvalue weighted by atomic mass is 32.2. The molecule has 0 radical (unpaired) electrons. The summed E-state index contributed by atoms with van der Waals surface area (Å²) < 4.78 is 0. The summed E-state index contributed by atoms with van der Waals surface area (Å²) >= 11 is 2.93. The fourth-order valence-corrected chi connectivity index (χ4v) is 4.05. The number of aryl methyl sites for hydroxylation is 1. The predicted molar refractivity (Wildman–Crippen MR) is 126 cm³/mol. The summed E-state index contributed by atoms with van der Waals surface area (Å²) in [5, 5.41) is 9.89. The van der Waals surface area contributed by atoms with Gasteiger partial charge >= 0.3 is 6.03 Å². The van der Waals surface area contributed by atoms with Gasteiger partial charge in [0.05, 0.1) is 0 Å². The minimum absolute atomic E-state index is 0.236. The maximum absolute atomic E-state index is 11.7. The summed E-state index contributed by atoms with van der Waals surface area (Å²) in [6.07, 6.45) is 5.19. The van der Waals surface area contributed by atoms with E-state index in [1.807, 2.05) is 50.2 Å². The van der Waals surface area contributed by atoms with Crippen LogP contribution in [0.25, 0.3) is 11.4 Å². The lowest BCUT2D eigenvalue weighted by atomic mass is 10.2. The van der Waals surface area contributed by atoms with Crippen LogP contribution in [0, 0.1) is 6.92 Å². The van der Waals surface area contributed by atoms with Crippen LogP contribution in [0.2, 0.25) is 0 Å². The van der Waals surface area contributed by atoms with E-state index in [-0.39, 0.29) is 6.03 Å². The van der Waals surface area contributed by atoms with Crippen molar-refractivity contribution in [1.82, 2.24) is 30.2 Å². The van der Waals surface area contributed by atoms with Crippen molar-refractivity contribution < 1.29 is 4.79 Å². The Kier molecular flexibility index (Phi) is 6.87. The molecule has 32 heavy (non-hydrogen) atoms. The van der Waals surface area contributed by atoms with Gasteiger partial charge in [-0.3, -0.25) is 10.3 Å². The Morgan fingerprint density at radius 3 is 2.53 bits per heavy atom. The fourth-order valence-electron chi connectivity index (χ4n) is 2.64. The second-order valence-corrected chi connectivity index (χ2v) is 8.79. The molecule has 3 N–H and O–H groups in total. The summed E-state index contributed by atoms with van der Waals surface area (Å²) in [5.41, 5.74) is 1.54. The van der Waals surface area contributed by atoms with Crippen LogP contribution in [0.15, 0.2) is 65.0 Å². The monoisotopic (exact) mass is 464 g/mol. The van der Waals surface area contributed by atoms with E-state index in [0.717, 1.165) is 15.3 Å². The number of rotatable bonds is 7. The van der Waals surface area contributed by atoms with E-state index in [2.05, 4.69) is 40.9 Å². The van der Waals surface area contributed by atoms with Gasteiger partial charge in [-0.05, 0) is 62.0 Å². The van der Waals surface area contributed by atoms with Crippen LogP contribution in [0.3, 0.4) is 0 Å². The van der Waals surface area contributed by atoms with Crippen LogP contribution in [-0.2, 0) is 0 Å². The number of aromatic nitrogens is 5. The van der Waals surface area contributed by atoms with Crippen molar-refractivity contribution in [2.24, 2.45) is 0 Å². The smallest absolute Gasteiger partial charge is 0.319 e. The van der Waals surface area contributed by atoms with Crippen LogP contribution in [0.1, 0.15) is 11.8 Å². The number of hydrogen-bond acceptors (Lipinski definition) is 9. The van der Waals surface area contributed by atoms with Gasteiger partial charge in [0, 0.05) is 46.2 Å².